The zero-order chi connectivity index (χ0) is 16.7. The van der Waals surface area contributed by atoms with E-state index in [1.54, 1.807) is 4.68 Å². The number of aryl methyl sites for hydroxylation is 2. The van der Waals surface area contributed by atoms with Crippen molar-refractivity contribution >= 4 is 35.0 Å². The molecule has 0 aliphatic carbocycles. The van der Waals surface area contributed by atoms with Crippen LogP contribution in [0.1, 0.15) is 11.4 Å². The summed E-state index contributed by atoms with van der Waals surface area (Å²) in [4.78, 5) is 15.4. The largest absolute Gasteiger partial charge is 0.513 e. The summed E-state index contributed by atoms with van der Waals surface area (Å²) in [6, 6.07) is 1.88. The molecule has 3 rings (SSSR count). The number of hydrogen-bond donors (Lipinski definition) is 0. The lowest BCUT2D eigenvalue weighted by molar-refractivity contribution is 0.122. The van der Waals surface area contributed by atoms with Crippen molar-refractivity contribution in [2.75, 3.05) is 7.11 Å². The van der Waals surface area contributed by atoms with Gasteiger partial charge in [0.25, 0.3) is 0 Å². The van der Waals surface area contributed by atoms with Gasteiger partial charge in [0.15, 0.2) is 16.1 Å². The van der Waals surface area contributed by atoms with Crippen LogP contribution in [0.4, 0.5) is 4.79 Å². The highest BCUT2D eigenvalue weighted by Gasteiger charge is 2.21. The number of carbonyl (C=O) groups is 1. The van der Waals surface area contributed by atoms with Gasteiger partial charge in [-0.05, 0) is 19.9 Å². The first-order valence-electron chi connectivity index (χ1n) is 6.44. The van der Waals surface area contributed by atoms with Gasteiger partial charge in [-0.15, -0.1) is 0 Å². The van der Waals surface area contributed by atoms with Crippen LogP contribution in [-0.4, -0.2) is 37.6 Å². The maximum Gasteiger partial charge on any atom is 0.513 e. The molecule has 0 aliphatic rings. The van der Waals surface area contributed by atoms with Crippen LogP contribution in [0.2, 0.25) is 10.3 Å². The summed E-state index contributed by atoms with van der Waals surface area (Å²) in [5.74, 6) is 0.0839. The molecule has 0 atom stereocenters. The number of ether oxygens (including phenoxy) is 2. The summed E-state index contributed by atoms with van der Waals surface area (Å²) in [6.45, 7) is 3.72. The summed E-state index contributed by atoms with van der Waals surface area (Å²) in [6.07, 6.45) is 0.406. The van der Waals surface area contributed by atoms with Gasteiger partial charge in [-0.2, -0.15) is 14.7 Å². The molecule has 23 heavy (non-hydrogen) atoms. The zero-order valence-corrected chi connectivity index (χ0v) is 13.9. The van der Waals surface area contributed by atoms with Gasteiger partial charge in [0.1, 0.15) is 5.69 Å². The fourth-order valence-corrected chi connectivity index (χ4v) is 2.73. The summed E-state index contributed by atoms with van der Waals surface area (Å²) in [7, 11) is 1.20. The molecule has 3 heterocycles. The van der Waals surface area contributed by atoms with Crippen molar-refractivity contribution < 1.29 is 14.3 Å². The number of carbonyl (C=O) groups excluding carboxylic acids is 1. The number of methoxy groups -OCH3 is 1. The first kappa shape index (κ1) is 15.6. The van der Waals surface area contributed by atoms with Gasteiger partial charge in [-0.3, -0.25) is 0 Å². The van der Waals surface area contributed by atoms with Gasteiger partial charge in [-0.1, -0.05) is 23.2 Å². The van der Waals surface area contributed by atoms with Crippen LogP contribution in [0, 0.1) is 13.8 Å². The molecule has 3 aromatic heterocycles. The van der Waals surface area contributed by atoms with Gasteiger partial charge in [0.05, 0.1) is 19.0 Å². The quantitative estimate of drug-likeness (QED) is 0.519. The third-order valence-electron chi connectivity index (χ3n) is 3.07. The summed E-state index contributed by atoms with van der Waals surface area (Å²) < 4.78 is 12.3. The molecular weight excluding hydrogens is 345 g/mol. The maximum atomic E-state index is 11.2. The second-order valence-corrected chi connectivity index (χ2v) is 5.40. The maximum absolute atomic E-state index is 11.2. The van der Waals surface area contributed by atoms with Crippen LogP contribution in [-0.2, 0) is 4.74 Å². The summed E-state index contributed by atoms with van der Waals surface area (Å²) >= 11 is 12.6. The molecule has 0 unspecified atom stereocenters. The molecule has 0 saturated heterocycles. The van der Waals surface area contributed by atoms with Crippen LogP contribution in [0.3, 0.4) is 0 Å². The van der Waals surface area contributed by atoms with Crippen LogP contribution in [0.15, 0.2) is 12.3 Å². The van der Waals surface area contributed by atoms with Crippen molar-refractivity contribution in [2.24, 2.45) is 0 Å². The number of nitrogens with zero attached hydrogens (tertiary/aromatic N) is 5. The molecule has 3 aromatic rings. The normalized spacial score (nSPS) is 11.0. The molecule has 0 fully saturated rings. The standard InChI is InChI=1S/C13H11Cl2N5O3/c1-6-4-7(2)19(18-6)9-10(14)17-12-8(23-13(21)22-3)5-16-20(12)11(9)15/h4-5H,1-3H3. The lowest BCUT2D eigenvalue weighted by Crippen LogP contribution is -2.09. The van der Waals surface area contributed by atoms with E-state index >= 15 is 0 Å². The van der Waals surface area contributed by atoms with Crippen molar-refractivity contribution in [3.05, 3.63) is 34.0 Å². The second-order valence-electron chi connectivity index (χ2n) is 4.68. The summed E-state index contributed by atoms with van der Waals surface area (Å²) in [5.41, 5.74) is 2.23. The van der Waals surface area contributed by atoms with Crippen LogP contribution in [0.25, 0.3) is 11.3 Å². The summed E-state index contributed by atoms with van der Waals surface area (Å²) in [5, 5.41) is 8.68. The van der Waals surface area contributed by atoms with E-state index in [0.29, 0.717) is 5.69 Å². The monoisotopic (exact) mass is 355 g/mol. The first-order chi connectivity index (χ1) is 10.9. The van der Waals surface area contributed by atoms with Gasteiger partial charge in [0, 0.05) is 5.69 Å². The van der Waals surface area contributed by atoms with Gasteiger partial charge in [0.2, 0.25) is 5.65 Å². The molecule has 0 radical (unpaired) electrons. The number of halogens is 2. The number of fused-ring (bicyclic) bond motifs is 1. The third-order valence-corrected chi connectivity index (χ3v) is 3.68. The minimum atomic E-state index is -0.892. The van der Waals surface area contributed by atoms with E-state index in [2.05, 4.69) is 19.9 Å². The Labute approximate surface area is 140 Å². The van der Waals surface area contributed by atoms with Gasteiger partial charge < -0.3 is 9.47 Å². The van der Waals surface area contributed by atoms with Gasteiger partial charge >= 0.3 is 6.16 Å². The molecule has 8 nitrogen and oxygen atoms in total. The van der Waals surface area contributed by atoms with Crippen LogP contribution >= 0.6 is 23.2 Å². The topological polar surface area (TPSA) is 83.5 Å². The zero-order valence-electron chi connectivity index (χ0n) is 12.4. The Balaban J connectivity index is 2.20. The van der Waals surface area contributed by atoms with E-state index in [9.17, 15) is 4.79 Å². The van der Waals surface area contributed by atoms with Crippen LogP contribution < -0.4 is 4.74 Å². The molecule has 10 heteroatoms. The van der Waals surface area contributed by atoms with Crippen molar-refractivity contribution in [3.63, 3.8) is 0 Å². The molecule has 0 bridgehead atoms. The van der Waals surface area contributed by atoms with Crippen molar-refractivity contribution in [1.29, 1.82) is 0 Å². The smallest absolute Gasteiger partial charge is 0.437 e. The Bertz CT molecular complexity index is 918. The first-order valence-corrected chi connectivity index (χ1v) is 7.20. The number of aromatic nitrogens is 5. The van der Waals surface area contributed by atoms with Crippen molar-refractivity contribution in [3.8, 4) is 11.4 Å². The molecule has 0 N–H and O–H groups in total. The minimum Gasteiger partial charge on any atom is -0.437 e. The number of rotatable bonds is 2. The molecular formula is C13H11Cl2N5O3. The Kier molecular flexibility index (Phi) is 3.87. The molecule has 120 valence electrons. The highest BCUT2D eigenvalue weighted by atomic mass is 35.5. The van der Waals surface area contributed by atoms with Gasteiger partial charge in [-0.25, -0.2) is 14.5 Å². The second kappa shape index (κ2) is 5.71. The number of hydrogen-bond acceptors (Lipinski definition) is 6. The van der Waals surface area contributed by atoms with E-state index in [4.69, 9.17) is 27.9 Å². The highest BCUT2D eigenvalue weighted by Crippen LogP contribution is 2.31. The predicted octanol–water partition coefficient (Wildman–Crippen LogP) is 2.98. The molecule has 0 amide bonds. The average Bonchev–Trinajstić information content (AvgIpc) is 3.03. The highest BCUT2D eigenvalue weighted by molar-refractivity contribution is 6.36. The van der Waals surface area contributed by atoms with E-state index < -0.39 is 6.16 Å². The lowest BCUT2D eigenvalue weighted by atomic mass is 10.4. The van der Waals surface area contributed by atoms with E-state index in [-0.39, 0.29) is 21.7 Å². The third kappa shape index (κ3) is 2.60. The minimum absolute atomic E-state index is 0.0839. The lowest BCUT2D eigenvalue weighted by Gasteiger charge is -2.10. The van der Waals surface area contributed by atoms with E-state index in [1.165, 1.54) is 17.8 Å². The molecule has 0 aliphatic heterocycles. The average molecular weight is 356 g/mol. The Hall–Kier alpha value is -2.32. The fraction of sp³-hybridized carbons (Fsp3) is 0.231. The molecule has 0 aromatic carbocycles. The Morgan fingerprint density at radius 2 is 2.04 bits per heavy atom. The molecule has 0 spiro atoms. The SMILES string of the molecule is COC(=O)Oc1cnn2c(Cl)c(-n3nc(C)cc3C)c(Cl)nc12. The van der Waals surface area contributed by atoms with Crippen molar-refractivity contribution in [1.82, 2.24) is 24.4 Å². The predicted molar refractivity (Wildman–Crippen MR) is 82.6 cm³/mol. The van der Waals surface area contributed by atoms with E-state index in [0.717, 1.165) is 11.4 Å². The van der Waals surface area contributed by atoms with Crippen LogP contribution in [0.5, 0.6) is 5.75 Å². The Morgan fingerprint density at radius 3 is 2.65 bits per heavy atom. The van der Waals surface area contributed by atoms with E-state index in [1.807, 2.05) is 19.9 Å². The fourth-order valence-electron chi connectivity index (χ4n) is 2.14. The molecule has 0 saturated carbocycles. The van der Waals surface area contributed by atoms with Crippen molar-refractivity contribution in [2.45, 2.75) is 13.8 Å². The Morgan fingerprint density at radius 1 is 1.30 bits per heavy atom.